The van der Waals surface area contributed by atoms with Crippen molar-refractivity contribution in [3.8, 4) is 17.4 Å². The number of nitrogens with one attached hydrogen (secondary N) is 2. The highest BCUT2D eigenvalue weighted by molar-refractivity contribution is 6.08. The highest BCUT2D eigenvalue weighted by atomic mass is 16.6. The molecule has 2 amide bonds. The molecule has 3 aromatic carbocycles. The number of hydrogen-bond donors (Lipinski definition) is 2. The lowest BCUT2D eigenvalue weighted by molar-refractivity contribution is 0.101. The van der Waals surface area contributed by atoms with E-state index in [0.29, 0.717) is 59.7 Å². The van der Waals surface area contributed by atoms with E-state index in [-0.39, 0.29) is 11.8 Å². The Bertz CT molecular complexity index is 1620. The summed E-state index contributed by atoms with van der Waals surface area (Å²) < 4.78 is 17.0. The Kier molecular flexibility index (Phi) is 8.18. The summed E-state index contributed by atoms with van der Waals surface area (Å²) >= 11 is 0. The molecule has 2 aliphatic rings. The molecule has 2 aliphatic heterocycles. The van der Waals surface area contributed by atoms with Gasteiger partial charge in [0.1, 0.15) is 19.8 Å². The average Bonchev–Trinajstić information content (AvgIpc) is 3.02. The molecule has 0 unspecified atom stereocenters. The molecule has 4 aromatic rings. The van der Waals surface area contributed by atoms with Gasteiger partial charge in [-0.15, -0.1) is 0 Å². The van der Waals surface area contributed by atoms with E-state index < -0.39 is 0 Å². The van der Waals surface area contributed by atoms with Gasteiger partial charge < -0.3 is 24.8 Å². The summed E-state index contributed by atoms with van der Waals surface area (Å²) in [6, 6.07) is 19.7. The van der Waals surface area contributed by atoms with Crippen molar-refractivity contribution in [3.05, 3.63) is 83.4 Å². The van der Waals surface area contributed by atoms with Crippen LogP contribution in [0.15, 0.2) is 66.7 Å². The van der Waals surface area contributed by atoms with Crippen LogP contribution in [0.3, 0.4) is 0 Å². The van der Waals surface area contributed by atoms with Gasteiger partial charge in [-0.3, -0.25) is 14.5 Å². The molecular weight excluding hydrogens is 532 g/mol. The van der Waals surface area contributed by atoms with E-state index in [1.165, 1.54) is 19.3 Å². The standard InChI is InChI=1S/C33H34N4O5/c1-22-5-9-26(34-32(38)25-7-11-29-30(20-25)41-18-17-40-29)21-28(22)36-33(39)24-6-10-27-23(19-24)8-12-31(35-27)42-16-15-37-13-3-2-4-14-37/h5-12,19-21H,2-4,13-18H2,1H3,(H,34,38)(H,36,39). The van der Waals surface area contributed by atoms with Gasteiger partial charge in [0, 0.05) is 40.5 Å². The summed E-state index contributed by atoms with van der Waals surface area (Å²) in [5.41, 5.74) is 3.76. The molecule has 9 heteroatoms. The zero-order valence-electron chi connectivity index (χ0n) is 23.7. The van der Waals surface area contributed by atoms with Crippen molar-refractivity contribution in [2.75, 3.05) is 50.1 Å². The van der Waals surface area contributed by atoms with E-state index in [2.05, 4.69) is 20.5 Å². The molecule has 1 saturated heterocycles. The zero-order valence-corrected chi connectivity index (χ0v) is 23.7. The summed E-state index contributed by atoms with van der Waals surface area (Å²) in [5.74, 6) is 1.22. The number of nitrogens with zero attached hydrogens (tertiary/aromatic N) is 2. The lowest BCUT2D eigenvalue weighted by Crippen LogP contribution is -2.33. The van der Waals surface area contributed by atoms with Crippen molar-refractivity contribution in [1.29, 1.82) is 0 Å². The van der Waals surface area contributed by atoms with Crippen LogP contribution in [-0.2, 0) is 0 Å². The van der Waals surface area contributed by atoms with Crippen LogP contribution in [0.2, 0.25) is 0 Å². The van der Waals surface area contributed by atoms with Gasteiger partial charge in [0.15, 0.2) is 11.5 Å². The number of hydrogen-bond acceptors (Lipinski definition) is 7. The lowest BCUT2D eigenvalue weighted by atomic mass is 10.1. The largest absolute Gasteiger partial charge is 0.486 e. The van der Waals surface area contributed by atoms with Gasteiger partial charge in [0.05, 0.1) is 5.52 Å². The number of pyridine rings is 1. The van der Waals surface area contributed by atoms with Crippen molar-refractivity contribution >= 4 is 34.1 Å². The molecule has 9 nitrogen and oxygen atoms in total. The van der Waals surface area contributed by atoms with Gasteiger partial charge in [-0.25, -0.2) is 4.98 Å². The molecule has 1 aromatic heterocycles. The molecule has 0 saturated carbocycles. The fourth-order valence-electron chi connectivity index (χ4n) is 5.21. The average molecular weight is 567 g/mol. The fraction of sp³-hybridized carbons (Fsp3) is 0.303. The Morgan fingerprint density at radius 2 is 1.60 bits per heavy atom. The molecule has 1 fully saturated rings. The number of rotatable bonds is 8. The van der Waals surface area contributed by atoms with E-state index in [9.17, 15) is 9.59 Å². The van der Waals surface area contributed by atoms with Gasteiger partial charge in [0.2, 0.25) is 5.88 Å². The number of aryl methyl sites for hydroxylation is 1. The predicted octanol–water partition coefficient (Wildman–Crippen LogP) is 5.68. The van der Waals surface area contributed by atoms with E-state index >= 15 is 0 Å². The normalized spacial score (nSPS) is 14.8. The second-order valence-corrected chi connectivity index (χ2v) is 10.6. The number of ether oxygens (including phenoxy) is 3. The number of likely N-dealkylation sites (tertiary alicyclic amines) is 1. The first kappa shape index (κ1) is 27.5. The molecule has 0 aliphatic carbocycles. The third-order valence-electron chi connectivity index (χ3n) is 7.58. The molecule has 6 rings (SSSR count). The van der Waals surface area contributed by atoms with Gasteiger partial charge in [-0.1, -0.05) is 12.5 Å². The number of aromatic nitrogens is 1. The maximum Gasteiger partial charge on any atom is 0.255 e. The van der Waals surface area contributed by atoms with Crippen LogP contribution in [0.4, 0.5) is 11.4 Å². The zero-order chi connectivity index (χ0) is 28.9. The Hall–Kier alpha value is -4.63. The molecule has 0 radical (unpaired) electrons. The Balaban J connectivity index is 1.09. The Morgan fingerprint density at radius 1 is 0.833 bits per heavy atom. The molecule has 0 spiro atoms. The first-order valence-corrected chi connectivity index (χ1v) is 14.4. The first-order chi connectivity index (χ1) is 20.5. The van der Waals surface area contributed by atoms with Crippen LogP contribution in [0.1, 0.15) is 45.5 Å². The van der Waals surface area contributed by atoms with Gasteiger partial charge in [-0.05, 0) is 93.0 Å². The van der Waals surface area contributed by atoms with Crippen molar-refractivity contribution in [1.82, 2.24) is 9.88 Å². The minimum absolute atomic E-state index is 0.253. The maximum atomic E-state index is 13.2. The van der Waals surface area contributed by atoms with E-state index in [1.807, 2.05) is 37.3 Å². The number of piperidine rings is 1. The second kappa shape index (κ2) is 12.5. The van der Waals surface area contributed by atoms with Crippen LogP contribution >= 0.6 is 0 Å². The third kappa shape index (κ3) is 6.47. The molecular formula is C33H34N4O5. The minimum Gasteiger partial charge on any atom is -0.486 e. The summed E-state index contributed by atoms with van der Waals surface area (Å²) in [6.45, 7) is 6.62. The SMILES string of the molecule is Cc1ccc(NC(=O)c2ccc3c(c2)OCCO3)cc1NC(=O)c1ccc2nc(OCCN3CCCCC3)ccc2c1. The number of fused-ring (bicyclic) bond motifs is 2. The van der Waals surface area contributed by atoms with Gasteiger partial charge in [-0.2, -0.15) is 0 Å². The van der Waals surface area contributed by atoms with Crippen molar-refractivity contribution < 1.29 is 23.8 Å². The molecule has 2 N–H and O–H groups in total. The van der Waals surface area contributed by atoms with Crippen LogP contribution < -0.4 is 24.8 Å². The highest BCUT2D eigenvalue weighted by Crippen LogP contribution is 2.31. The van der Waals surface area contributed by atoms with Gasteiger partial charge >= 0.3 is 0 Å². The molecule has 3 heterocycles. The van der Waals surface area contributed by atoms with Gasteiger partial charge in [0.25, 0.3) is 11.8 Å². The second-order valence-electron chi connectivity index (χ2n) is 10.6. The number of anilines is 2. The number of benzene rings is 3. The number of carbonyl (C=O) groups excluding carboxylic acids is 2. The Labute approximate surface area is 244 Å². The molecule has 0 bridgehead atoms. The summed E-state index contributed by atoms with van der Waals surface area (Å²) in [7, 11) is 0. The fourth-order valence-corrected chi connectivity index (χ4v) is 5.21. The van der Waals surface area contributed by atoms with Crippen LogP contribution in [0.25, 0.3) is 10.9 Å². The van der Waals surface area contributed by atoms with Crippen molar-refractivity contribution in [2.45, 2.75) is 26.2 Å². The molecule has 0 atom stereocenters. The maximum absolute atomic E-state index is 13.2. The topological polar surface area (TPSA) is 102 Å². The smallest absolute Gasteiger partial charge is 0.255 e. The summed E-state index contributed by atoms with van der Waals surface area (Å²) in [4.78, 5) is 33.1. The monoisotopic (exact) mass is 566 g/mol. The Morgan fingerprint density at radius 3 is 2.45 bits per heavy atom. The number of carbonyl (C=O) groups is 2. The van der Waals surface area contributed by atoms with Crippen LogP contribution in [0.5, 0.6) is 17.4 Å². The van der Waals surface area contributed by atoms with Crippen LogP contribution in [-0.4, -0.2) is 61.2 Å². The summed E-state index contributed by atoms with van der Waals surface area (Å²) in [5, 5.41) is 6.73. The minimum atomic E-state index is -0.287. The quantitative estimate of drug-likeness (QED) is 0.283. The lowest BCUT2D eigenvalue weighted by Gasteiger charge is -2.26. The number of amides is 2. The van der Waals surface area contributed by atoms with E-state index in [4.69, 9.17) is 14.2 Å². The first-order valence-electron chi connectivity index (χ1n) is 14.4. The van der Waals surface area contributed by atoms with Crippen molar-refractivity contribution in [3.63, 3.8) is 0 Å². The summed E-state index contributed by atoms with van der Waals surface area (Å²) in [6.07, 6.45) is 3.83. The van der Waals surface area contributed by atoms with Crippen molar-refractivity contribution in [2.24, 2.45) is 0 Å². The predicted molar refractivity (Wildman–Crippen MR) is 162 cm³/mol. The highest BCUT2D eigenvalue weighted by Gasteiger charge is 2.16. The van der Waals surface area contributed by atoms with Crippen LogP contribution in [0, 0.1) is 6.92 Å². The molecule has 42 heavy (non-hydrogen) atoms. The van der Waals surface area contributed by atoms with E-state index in [1.54, 1.807) is 36.4 Å². The molecule has 216 valence electrons. The third-order valence-corrected chi connectivity index (χ3v) is 7.58. The van der Waals surface area contributed by atoms with E-state index in [0.717, 1.165) is 36.1 Å².